The summed E-state index contributed by atoms with van der Waals surface area (Å²) in [6.07, 6.45) is 10.0. The maximum absolute atomic E-state index is 13.4. The predicted molar refractivity (Wildman–Crippen MR) is 578 cm³/mol. The van der Waals surface area contributed by atoms with Crippen LogP contribution < -0.4 is 84.9 Å². The minimum absolute atomic E-state index is 0. The van der Waals surface area contributed by atoms with Crippen LogP contribution in [0.3, 0.4) is 0 Å². The number of hydrogen-bond acceptors (Lipinski definition) is 6. The summed E-state index contributed by atoms with van der Waals surface area (Å²) in [6.45, 7) is 0. The second kappa shape index (κ2) is 49.8. The molecule has 0 spiro atoms. The van der Waals surface area contributed by atoms with Crippen LogP contribution in [0.25, 0.3) is 33.9 Å². The van der Waals surface area contributed by atoms with Crippen molar-refractivity contribution < 1.29 is 71.1 Å². The maximum atomic E-state index is 13.4. The van der Waals surface area contributed by atoms with Crippen LogP contribution in [0.5, 0.6) is 0 Å². The number of carbonyl (C=O) groups is 2. The van der Waals surface area contributed by atoms with E-state index in [0.717, 1.165) is 77.3 Å². The summed E-state index contributed by atoms with van der Waals surface area (Å²) < 4.78 is 24.3. The van der Waals surface area contributed by atoms with Crippen molar-refractivity contribution in [2.45, 2.75) is 27.7 Å². The van der Waals surface area contributed by atoms with E-state index < -0.39 is 39.8 Å². The standard InChI is InChI=1S/C23H20ClN2.C23H21N2.C22H17ClN2.C20H17ClN2O.C20H17FN2O.C15H13NS2.2HI/c1-25-16-17-26(18-25)23(19-10-4-2-5-11-19,20-12-6-3-7-13-20)21-14-8-9-15-22(21)24;1-24-21(18-12-6-3-7-13-18)22(19-14-8-4-9-15-19)25(2)23(24)20-16-10-5-11-17-20;23-21-15-8-7-14-20(21)22(25-17-9-16-24-25,18-10-3-1-4-11-18)19-12-5-2-6-13-19;21-18-14-8-7-13-17(18)20(23-19(22)24,15-9-3-1-4-10-15)16-11-5-2-6-12-16;21-18-13-11-17(12-14-18)20(23-19(22)24,15-7-3-1-4-8-15)16-9-5-2-6-10-16;16-15(13-8-4-10-17-13,14-9-5-11-18-14)12-6-2-1-3-7-12;;/h2-18H,1H3;3-17H,1-2H3;1-17H;2*1-14H,(H3,22,23,24);1-11H,16H2;2*1H/q2*+1;;;;;;/p-2. The molecule has 16 aromatic carbocycles. The first-order valence-corrected chi connectivity index (χ1v) is 49.1. The van der Waals surface area contributed by atoms with E-state index in [1.807, 2.05) is 267 Å². The fourth-order valence-corrected chi connectivity index (χ4v) is 21.4. The largest absolute Gasteiger partial charge is 1.00 e. The molecule has 0 fully saturated rings. The number of carbonyl (C=O) groups excluding carboxylic acids is 2. The Morgan fingerprint density at radius 3 is 1.01 bits per heavy atom. The number of rotatable bonds is 22. The average Bonchev–Trinajstić information content (AvgIpc) is 1.05. The molecule has 0 atom stereocenters. The second-order valence-electron chi connectivity index (χ2n) is 33.6. The van der Waals surface area contributed by atoms with Crippen molar-refractivity contribution in [3.63, 3.8) is 0 Å². The summed E-state index contributed by atoms with van der Waals surface area (Å²) >= 11 is 23.3. The van der Waals surface area contributed by atoms with Crippen LogP contribution in [0.2, 0.25) is 15.1 Å². The molecular formula is C123H105Cl3FI2N11O2S2. The van der Waals surface area contributed by atoms with Gasteiger partial charge in [-0.25, -0.2) is 32.2 Å². The van der Waals surface area contributed by atoms with Gasteiger partial charge >= 0.3 is 12.1 Å². The van der Waals surface area contributed by atoms with Crippen molar-refractivity contribution in [1.29, 1.82) is 0 Å². The molecule has 8 N–H and O–H groups in total. The fraction of sp³-hybridized carbons (Fsp3) is 0.0650. The van der Waals surface area contributed by atoms with E-state index >= 15 is 0 Å². The highest BCUT2D eigenvalue weighted by Crippen LogP contribution is 2.48. The number of aryl methyl sites for hydroxylation is 1. The number of benzene rings is 16. The second-order valence-corrected chi connectivity index (χ2v) is 36.7. The van der Waals surface area contributed by atoms with Crippen molar-refractivity contribution in [3.05, 3.63) is 636 Å². The highest BCUT2D eigenvalue weighted by molar-refractivity contribution is 7.12. The zero-order valence-corrected chi connectivity index (χ0v) is 87.3. The number of thiophene rings is 2. The lowest BCUT2D eigenvalue weighted by molar-refractivity contribution is -0.671. The number of hydrogen-bond donors (Lipinski definition) is 5. The summed E-state index contributed by atoms with van der Waals surface area (Å²) in [5, 5.41) is 16.6. The number of amides is 4. The van der Waals surface area contributed by atoms with Gasteiger partial charge < -0.3 is 75.8 Å². The minimum Gasteiger partial charge on any atom is -1.00 e. The van der Waals surface area contributed by atoms with E-state index in [2.05, 4.69) is 290 Å². The van der Waals surface area contributed by atoms with Gasteiger partial charge in [-0.15, -0.1) is 22.7 Å². The Morgan fingerprint density at radius 2 is 0.660 bits per heavy atom. The third-order valence-electron chi connectivity index (χ3n) is 25.0. The molecule has 0 aliphatic heterocycles. The SMILES string of the molecule is C[n+]1ccn(C(c2ccccc2)(c2ccccc2)c2ccccc2Cl)c1.Clc1ccccc1C(c1ccccc1)(c1ccccc1)n1cccn1.Cn1c(-c2ccccc2)c(-c2ccccc2)[n+](C)c1-c1ccccc1.NC(=O)NC(c1ccccc1)(c1ccccc1)c1ccc(F)cc1.NC(=O)NC(c1ccccc1)(c1ccccc1)c1ccccc1Cl.NC(c1ccccc1)(c1cccs1)c1cccs1.[I-].[I-]. The summed E-state index contributed by atoms with van der Waals surface area (Å²) in [5.41, 5.74) is 32.9. The van der Waals surface area contributed by atoms with Crippen LogP contribution in [-0.2, 0) is 48.8 Å². The van der Waals surface area contributed by atoms with Crippen molar-refractivity contribution in [2.24, 2.45) is 38.3 Å². The van der Waals surface area contributed by atoms with Gasteiger partial charge in [0.1, 0.15) is 40.4 Å². The molecule has 0 radical (unpaired) electrons. The molecular weight excluding hydrogens is 2110 g/mol. The van der Waals surface area contributed by atoms with Crippen LogP contribution in [0, 0.1) is 5.82 Å². The molecule has 0 saturated carbocycles. The van der Waals surface area contributed by atoms with E-state index in [0.29, 0.717) is 10.0 Å². The van der Waals surface area contributed by atoms with Gasteiger partial charge in [0.15, 0.2) is 16.9 Å². The molecule has 0 aliphatic rings. The first kappa shape index (κ1) is 105. The van der Waals surface area contributed by atoms with Crippen molar-refractivity contribution in [1.82, 2.24) is 29.5 Å². The zero-order chi connectivity index (χ0) is 98.7. The molecule has 0 saturated heterocycles. The number of halogens is 6. The molecule has 13 nitrogen and oxygen atoms in total. The van der Waals surface area contributed by atoms with Crippen molar-refractivity contribution in [3.8, 4) is 33.9 Å². The Labute approximate surface area is 898 Å². The summed E-state index contributed by atoms with van der Waals surface area (Å²) in [7, 11) is 6.33. The molecule has 5 aromatic heterocycles. The monoisotopic (exact) mass is 2210 g/mol. The molecule has 144 heavy (non-hydrogen) atoms. The van der Waals surface area contributed by atoms with Crippen molar-refractivity contribution in [2.75, 3.05) is 0 Å². The minimum atomic E-state index is -0.998. The summed E-state index contributed by atoms with van der Waals surface area (Å²) in [4.78, 5) is 26.1. The molecule has 21 aromatic rings. The maximum Gasteiger partial charge on any atom is 0.313 e. The zero-order valence-electron chi connectivity index (χ0n) is 79.1. The Hall–Kier alpha value is -14.7. The van der Waals surface area contributed by atoms with Gasteiger partial charge in [0.2, 0.25) is 6.33 Å². The number of aromatic nitrogens is 6. The lowest BCUT2D eigenvalue weighted by Gasteiger charge is -2.36. The molecule has 4 amide bonds. The van der Waals surface area contributed by atoms with E-state index in [-0.39, 0.29) is 53.8 Å². The molecule has 718 valence electrons. The Balaban J connectivity index is 0.000000137. The molecule has 5 heterocycles. The quantitative estimate of drug-likeness (QED) is 0.0258. The molecule has 0 unspecified atom stereocenters. The van der Waals surface area contributed by atoms with Crippen LogP contribution >= 0.6 is 57.5 Å². The van der Waals surface area contributed by atoms with Crippen LogP contribution in [0.4, 0.5) is 14.0 Å². The molecule has 0 bridgehead atoms. The Morgan fingerprint density at radius 1 is 0.347 bits per heavy atom. The third-order valence-corrected chi connectivity index (χ3v) is 28.0. The van der Waals surface area contributed by atoms with E-state index in [1.165, 1.54) is 55.8 Å². The van der Waals surface area contributed by atoms with Crippen LogP contribution in [-0.4, -0.2) is 31.0 Å². The lowest BCUT2D eigenvalue weighted by Crippen LogP contribution is -3.00. The van der Waals surface area contributed by atoms with Crippen LogP contribution in [0.1, 0.15) is 82.1 Å². The number of imidazole rings is 2. The summed E-state index contributed by atoms with van der Waals surface area (Å²) in [5.74, 6) is 0.853. The van der Waals surface area contributed by atoms with Gasteiger partial charge in [-0.05, 0) is 116 Å². The predicted octanol–water partition coefficient (Wildman–Crippen LogP) is 21.2. The Kier molecular flexibility index (Phi) is 36.4. The van der Waals surface area contributed by atoms with Gasteiger partial charge in [-0.2, -0.15) is 5.10 Å². The van der Waals surface area contributed by atoms with Gasteiger partial charge in [0.25, 0.3) is 5.82 Å². The number of nitrogens with one attached hydrogen (secondary N) is 2. The van der Waals surface area contributed by atoms with E-state index in [4.69, 9.17) is 52.0 Å². The first-order chi connectivity index (χ1) is 69.4. The average molecular weight is 2210 g/mol. The number of nitrogens with zero attached hydrogens (tertiary/aromatic N) is 6. The lowest BCUT2D eigenvalue weighted by atomic mass is 9.76. The molecule has 21 rings (SSSR count). The normalized spacial score (nSPS) is 11.1. The summed E-state index contributed by atoms with van der Waals surface area (Å²) in [6, 6.07) is 161. The number of urea groups is 2. The van der Waals surface area contributed by atoms with E-state index in [9.17, 15) is 14.0 Å². The highest BCUT2D eigenvalue weighted by Gasteiger charge is 2.46. The van der Waals surface area contributed by atoms with Crippen molar-refractivity contribution >= 4 is 69.5 Å². The van der Waals surface area contributed by atoms with Gasteiger partial charge in [0, 0.05) is 76.2 Å². The first-order valence-electron chi connectivity index (χ1n) is 46.2. The van der Waals surface area contributed by atoms with Gasteiger partial charge in [0.05, 0.1) is 26.7 Å². The molecule has 21 heteroatoms. The van der Waals surface area contributed by atoms with Crippen LogP contribution in [0.15, 0.2) is 533 Å². The number of primary amides is 2. The third kappa shape index (κ3) is 22.8. The van der Waals surface area contributed by atoms with Gasteiger partial charge in [-0.3, -0.25) is 4.68 Å². The van der Waals surface area contributed by atoms with E-state index in [1.54, 1.807) is 47.1 Å². The Bertz CT molecular complexity index is 7290. The molecule has 0 aliphatic carbocycles. The fourth-order valence-electron chi connectivity index (χ4n) is 18.8. The van der Waals surface area contributed by atoms with Gasteiger partial charge in [-0.1, -0.05) is 466 Å². The highest BCUT2D eigenvalue weighted by atomic mass is 127. The smallest absolute Gasteiger partial charge is 0.313 e. The number of nitrogens with two attached hydrogens (primary N) is 3. The topological polar surface area (TPSA) is 172 Å².